The van der Waals surface area contributed by atoms with Crippen LogP contribution in [0.25, 0.3) is 5.69 Å². The van der Waals surface area contributed by atoms with Gasteiger partial charge in [0.2, 0.25) is 5.91 Å². The highest BCUT2D eigenvalue weighted by atomic mass is 32.2. The Balaban J connectivity index is 1.44. The van der Waals surface area contributed by atoms with E-state index in [0.29, 0.717) is 43.6 Å². The number of rotatable bonds is 3. The van der Waals surface area contributed by atoms with Crippen LogP contribution in [0, 0.1) is 0 Å². The maximum atomic E-state index is 13.5. The predicted molar refractivity (Wildman–Crippen MR) is 110 cm³/mol. The maximum absolute atomic E-state index is 13.5. The van der Waals surface area contributed by atoms with E-state index in [1.54, 1.807) is 16.7 Å². The minimum atomic E-state index is -0.412. The fourth-order valence-corrected chi connectivity index (χ4v) is 5.51. The minimum Gasteiger partial charge on any atom is -0.378 e. The summed E-state index contributed by atoms with van der Waals surface area (Å²) in [5.74, 6) is 1.09. The number of morpholine rings is 1. The molecule has 0 unspecified atom stereocenters. The van der Waals surface area contributed by atoms with Gasteiger partial charge in [0.1, 0.15) is 6.04 Å². The Kier molecular flexibility index (Phi) is 5.05. The average molecular weight is 413 g/mol. The Morgan fingerprint density at radius 2 is 1.90 bits per heavy atom. The fraction of sp³-hybridized carbons (Fsp3) is 0.476. The third-order valence-electron chi connectivity index (χ3n) is 5.88. The van der Waals surface area contributed by atoms with E-state index in [1.165, 1.54) is 0 Å². The van der Waals surface area contributed by atoms with Gasteiger partial charge < -0.3 is 14.5 Å². The molecule has 8 heteroatoms. The van der Waals surface area contributed by atoms with Crippen LogP contribution in [0.1, 0.15) is 28.2 Å². The highest BCUT2D eigenvalue weighted by Crippen LogP contribution is 2.31. The van der Waals surface area contributed by atoms with Crippen LogP contribution >= 0.6 is 11.8 Å². The van der Waals surface area contributed by atoms with Crippen molar-refractivity contribution < 1.29 is 14.3 Å². The third-order valence-corrected chi connectivity index (χ3v) is 6.90. The quantitative estimate of drug-likeness (QED) is 0.768. The molecule has 1 atom stereocenters. The van der Waals surface area contributed by atoms with Crippen LogP contribution in [0.3, 0.4) is 0 Å². The first-order valence-corrected chi connectivity index (χ1v) is 11.3. The molecule has 2 aliphatic heterocycles. The van der Waals surface area contributed by atoms with Crippen LogP contribution in [0.15, 0.2) is 30.3 Å². The van der Waals surface area contributed by atoms with Gasteiger partial charge in [-0.05, 0) is 31.4 Å². The van der Waals surface area contributed by atoms with E-state index >= 15 is 0 Å². The number of hydrogen-bond acceptors (Lipinski definition) is 5. The molecule has 2 amide bonds. The van der Waals surface area contributed by atoms with Gasteiger partial charge in [0.05, 0.1) is 24.8 Å². The lowest BCUT2D eigenvalue weighted by Crippen LogP contribution is -2.52. The molecule has 1 aromatic heterocycles. The summed E-state index contributed by atoms with van der Waals surface area (Å²) in [7, 11) is 0. The number of carbonyl (C=O) groups is 2. The van der Waals surface area contributed by atoms with Gasteiger partial charge in [-0.1, -0.05) is 18.2 Å². The molecule has 1 aliphatic carbocycles. The summed E-state index contributed by atoms with van der Waals surface area (Å²) in [6, 6.07) is 9.54. The molecule has 2 saturated heterocycles. The Morgan fingerprint density at radius 1 is 1.10 bits per heavy atom. The van der Waals surface area contributed by atoms with Crippen molar-refractivity contribution in [2.24, 2.45) is 0 Å². The van der Waals surface area contributed by atoms with Gasteiger partial charge >= 0.3 is 0 Å². The van der Waals surface area contributed by atoms with Crippen molar-refractivity contribution in [1.82, 2.24) is 19.6 Å². The van der Waals surface area contributed by atoms with Gasteiger partial charge in [0.15, 0.2) is 5.69 Å². The average Bonchev–Trinajstić information content (AvgIpc) is 3.50. The van der Waals surface area contributed by atoms with E-state index in [-0.39, 0.29) is 11.8 Å². The van der Waals surface area contributed by atoms with Crippen molar-refractivity contribution in [3.63, 3.8) is 0 Å². The SMILES string of the molecule is O=C([C@H]1CSCN1C(=O)c1nn(-c2ccccc2)c2c1CCC2)N1CCOCC1. The van der Waals surface area contributed by atoms with Gasteiger partial charge in [-0.3, -0.25) is 9.59 Å². The van der Waals surface area contributed by atoms with Crippen molar-refractivity contribution in [3.05, 3.63) is 47.3 Å². The smallest absolute Gasteiger partial charge is 0.276 e. The summed E-state index contributed by atoms with van der Waals surface area (Å²) >= 11 is 1.63. The van der Waals surface area contributed by atoms with E-state index in [9.17, 15) is 9.59 Å². The zero-order chi connectivity index (χ0) is 19.8. The standard InChI is InChI=1S/C21H24N4O3S/c26-20(23-9-11-28-12-10-23)18-13-29-14-24(18)21(27)19-16-7-4-8-17(16)25(22-19)15-5-2-1-3-6-15/h1-3,5-6,18H,4,7-14H2/t18-/m1/s1. The van der Waals surface area contributed by atoms with Crippen molar-refractivity contribution in [2.75, 3.05) is 37.9 Å². The van der Waals surface area contributed by atoms with Crippen LogP contribution in [0.5, 0.6) is 0 Å². The molecule has 29 heavy (non-hydrogen) atoms. The van der Waals surface area contributed by atoms with Crippen molar-refractivity contribution in [1.29, 1.82) is 0 Å². The van der Waals surface area contributed by atoms with E-state index in [4.69, 9.17) is 9.84 Å². The molecule has 0 radical (unpaired) electrons. The lowest BCUT2D eigenvalue weighted by molar-refractivity contribution is -0.138. The third kappa shape index (κ3) is 3.34. The van der Waals surface area contributed by atoms with Gasteiger partial charge in [0, 0.05) is 30.1 Å². The molecule has 3 heterocycles. The van der Waals surface area contributed by atoms with Crippen LogP contribution in [0.2, 0.25) is 0 Å². The molecule has 7 nitrogen and oxygen atoms in total. The number of aromatic nitrogens is 2. The number of benzene rings is 1. The van der Waals surface area contributed by atoms with Gasteiger partial charge in [-0.25, -0.2) is 4.68 Å². The number of amides is 2. The summed E-state index contributed by atoms with van der Waals surface area (Å²) < 4.78 is 7.27. The first kappa shape index (κ1) is 18.7. The number of nitrogens with zero attached hydrogens (tertiary/aromatic N) is 4. The molecule has 0 N–H and O–H groups in total. The lowest BCUT2D eigenvalue weighted by Gasteiger charge is -2.32. The summed E-state index contributed by atoms with van der Waals surface area (Å²) in [6.45, 7) is 2.32. The summed E-state index contributed by atoms with van der Waals surface area (Å²) in [4.78, 5) is 30.1. The first-order valence-electron chi connectivity index (χ1n) is 10.2. The molecule has 5 rings (SSSR count). The number of fused-ring (bicyclic) bond motifs is 1. The van der Waals surface area contributed by atoms with Crippen molar-refractivity contribution in [3.8, 4) is 5.69 Å². The number of hydrogen-bond donors (Lipinski definition) is 0. The topological polar surface area (TPSA) is 67.7 Å². The normalized spacial score (nSPS) is 21.4. The Labute approximate surface area is 174 Å². The zero-order valence-electron chi connectivity index (χ0n) is 16.2. The highest BCUT2D eigenvalue weighted by molar-refractivity contribution is 7.99. The molecule has 2 fully saturated rings. The van der Waals surface area contributed by atoms with Crippen LogP contribution in [0.4, 0.5) is 0 Å². The largest absolute Gasteiger partial charge is 0.378 e. The lowest BCUT2D eigenvalue weighted by atomic mass is 10.1. The van der Waals surface area contributed by atoms with Crippen molar-refractivity contribution >= 4 is 23.6 Å². The zero-order valence-corrected chi connectivity index (χ0v) is 17.1. The summed E-state index contributed by atoms with van der Waals surface area (Å²) in [5, 5.41) is 4.72. The molecular weight excluding hydrogens is 388 g/mol. The monoisotopic (exact) mass is 412 g/mol. The summed E-state index contributed by atoms with van der Waals surface area (Å²) in [5.41, 5.74) is 3.67. The highest BCUT2D eigenvalue weighted by Gasteiger charge is 2.40. The second kappa shape index (κ2) is 7.84. The van der Waals surface area contributed by atoms with Crippen LogP contribution in [-0.4, -0.2) is 75.4 Å². The van der Waals surface area contributed by atoms with E-state index in [0.717, 1.165) is 36.2 Å². The number of ether oxygens (including phenoxy) is 1. The molecular formula is C21H24N4O3S. The second-order valence-electron chi connectivity index (χ2n) is 7.60. The predicted octanol–water partition coefficient (Wildman–Crippen LogP) is 1.73. The van der Waals surface area contributed by atoms with E-state index in [1.807, 2.05) is 39.9 Å². The second-order valence-corrected chi connectivity index (χ2v) is 8.60. The molecule has 0 saturated carbocycles. The van der Waals surface area contributed by atoms with Crippen molar-refractivity contribution in [2.45, 2.75) is 25.3 Å². The minimum absolute atomic E-state index is 0.0331. The van der Waals surface area contributed by atoms with Gasteiger partial charge in [-0.15, -0.1) is 11.8 Å². The number of para-hydroxylation sites is 1. The Morgan fingerprint density at radius 3 is 2.69 bits per heavy atom. The molecule has 1 aromatic carbocycles. The number of thioether (sulfide) groups is 1. The van der Waals surface area contributed by atoms with Gasteiger partial charge in [0.25, 0.3) is 5.91 Å². The maximum Gasteiger partial charge on any atom is 0.276 e. The molecule has 0 bridgehead atoms. The molecule has 2 aromatic rings. The fourth-order valence-electron chi connectivity index (χ4n) is 4.37. The molecule has 0 spiro atoms. The van der Waals surface area contributed by atoms with E-state index < -0.39 is 6.04 Å². The Hall–Kier alpha value is -2.32. The Bertz CT molecular complexity index is 924. The van der Waals surface area contributed by atoms with E-state index in [2.05, 4.69) is 0 Å². The van der Waals surface area contributed by atoms with Gasteiger partial charge in [-0.2, -0.15) is 5.10 Å². The molecule has 3 aliphatic rings. The first-order chi connectivity index (χ1) is 14.2. The van der Waals surface area contributed by atoms with Crippen LogP contribution in [-0.2, 0) is 22.4 Å². The number of carbonyl (C=O) groups excluding carboxylic acids is 2. The molecule has 152 valence electrons. The van der Waals surface area contributed by atoms with Crippen LogP contribution < -0.4 is 0 Å². The summed E-state index contributed by atoms with van der Waals surface area (Å²) in [6.07, 6.45) is 2.83.